The summed E-state index contributed by atoms with van der Waals surface area (Å²) in [6.45, 7) is 0. The second-order valence-corrected chi connectivity index (χ2v) is 5.05. The molecule has 4 nitrogen and oxygen atoms in total. The van der Waals surface area contributed by atoms with E-state index in [0.717, 1.165) is 22.0 Å². The zero-order chi connectivity index (χ0) is 14.2. The second kappa shape index (κ2) is 4.75. The predicted molar refractivity (Wildman–Crippen MR) is 82.0 cm³/mol. The molecule has 0 aliphatic rings. The van der Waals surface area contributed by atoms with Gasteiger partial charge in [-0.15, -0.1) is 10.2 Å². The van der Waals surface area contributed by atoms with Crippen molar-refractivity contribution < 1.29 is 4.42 Å². The van der Waals surface area contributed by atoms with Gasteiger partial charge in [-0.3, -0.25) is 0 Å². The van der Waals surface area contributed by atoms with Crippen LogP contribution in [0.5, 0.6) is 0 Å². The molecule has 0 spiro atoms. The Morgan fingerprint density at radius 3 is 2.43 bits per heavy atom. The van der Waals surface area contributed by atoms with Crippen LogP contribution in [0.15, 0.2) is 59.1 Å². The van der Waals surface area contributed by atoms with Crippen LogP contribution >= 0.6 is 11.6 Å². The van der Waals surface area contributed by atoms with Crippen LogP contribution < -0.4 is 0 Å². The lowest BCUT2D eigenvalue weighted by Crippen LogP contribution is -1.78. The normalized spacial score (nSPS) is 11.1. The molecule has 5 heteroatoms. The number of H-pyrrole nitrogens is 1. The summed E-state index contributed by atoms with van der Waals surface area (Å²) in [6.07, 6.45) is 1.87. The van der Waals surface area contributed by atoms with E-state index >= 15 is 0 Å². The first-order valence-electron chi connectivity index (χ1n) is 6.48. The van der Waals surface area contributed by atoms with Gasteiger partial charge < -0.3 is 9.40 Å². The van der Waals surface area contributed by atoms with Crippen LogP contribution in [-0.4, -0.2) is 15.2 Å². The highest BCUT2D eigenvalue weighted by Crippen LogP contribution is 2.31. The minimum absolute atomic E-state index is 0.417. The average molecular weight is 296 g/mol. The lowest BCUT2D eigenvalue weighted by atomic mass is 10.2. The van der Waals surface area contributed by atoms with Crippen molar-refractivity contribution in [1.82, 2.24) is 15.2 Å². The zero-order valence-corrected chi connectivity index (χ0v) is 11.6. The van der Waals surface area contributed by atoms with E-state index in [-0.39, 0.29) is 0 Å². The molecule has 4 aromatic rings. The van der Waals surface area contributed by atoms with Crippen LogP contribution in [0.2, 0.25) is 5.02 Å². The lowest BCUT2D eigenvalue weighted by Gasteiger charge is -1.96. The quantitative estimate of drug-likeness (QED) is 0.591. The number of hydrogen-bond donors (Lipinski definition) is 1. The molecule has 0 saturated heterocycles. The molecule has 0 radical (unpaired) electrons. The van der Waals surface area contributed by atoms with E-state index in [2.05, 4.69) is 15.2 Å². The van der Waals surface area contributed by atoms with Crippen molar-refractivity contribution in [3.63, 3.8) is 0 Å². The van der Waals surface area contributed by atoms with E-state index in [0.29, 0.717) is 16.8 Å². The van der Waals surface area contributed by atoms with E-state index in [1.165, 1.54) is 0 Å². The van der Waals surface area contributed by atoms with E-state index in [9.17, 15) is 0 Å². The largest absolute Gasteiger partial charge is 0.416 e. The third-order valence-electron chi connectivity index (χ3n) is 3.35. The number of aromatic nitrogens is 3. The molecule has 0 aliphatic carbocycles. The Morgan fingerprint density at radius 1 is 0.857 bits per heavy atom. The Hall–Kier alpha value is -2.59. The van der Waals surface area contributed by atoms with Crippen molar-refractivity contribution in [2.24, 2.45) is 0 Å². The van der Waals surface area contributed by atoms with Gasteiger partial charge in [0.05, 0.1) is 16.1 Å². The number of benzene rings is 2. The number of para-hydroxylation sites is 1. The van der Waals surface area contributed by atoms with Gasteiger partial charge in [0.25, 0.3) is 0 Å². The van der Waals surface area contributed by atoms with Gasteiger partial charge in [-0.1, -0.05) is 41.9 Å². The Kier molecular flexibility index (Phi) is 2.75. The van der Waals surface area contributed by atoms with Gasteiger partial charge in [0.2, 0.25) is 11.8 Å². The Bertz CT molecular complexity index is 926. The molecule has 2 aromatic carbocycles. The van der Waals surface area contributed by atoms with Gasteiger partial charge in [0, 0.05) is 17.1 Å². The van der Waals surface area contributed by atoms with E-state index in [1.54, 1.807) is 6.07 Å². The van der Waals surface area contributed by atoms with Crippen molar-refractivity contribution in [1.29, 1.82) is 0 Å². The Balaban J connectivity index is 1.83. The van der Waals surface area contributed by atoms with E-state index < -0.39 is 0 Å². The highest BCUT2D eigenvalue weighted by molar-refractivity contribution is 6.33. The van der Waals surface area contributed by atoms with Crippen LogP contribution in [0.1, 0.15) is 0 Å². The number of nitrogens with one attached hydrogen (secondary N) is 1. The number of halogens is 1. The minimum Gasteiger partial charge on any atom is -0.416 e. The lowest BCUT2D eigenvalue weighted by molar-refractivity contribution is 0.585. The van der Waals surface area contributed by atoms with Crippen LogP contribution in [0.25, 0.3) is 33.8 Å². The summed E-state index contributed by atoms with van der Waals surface area (Å²) in [5, 5.41) is 9.86. The number of aromatic amines is 1. The maximum absolute atomic E-state index is 6.15. The summed E-state index contributed by atoms with van der Waals surface area (Å²) < 4.78 is 5.78. The molecule has 1 N–H and O–H groups in total. The molecule has 4 rings (SSSR count). The predicted octanol–water partition coefficient (Wildman–Crippen LogP) is 4.54. The molecule has 0 amide bonds. The molecular formula is C16H10ClN3O. The molecule has 0 aliphatic heterocycles. The summed E-state index contributed by atoms with van der Waals surface area (Å²) in [7, 11) is 0. The topological polar surface area (TPSA) is 54.7 Å². The van der Waals surface area contributed by atoms with Gasteiger partial charge in [0.15, 0.2) is 0 Å². The van der Waals surface area contributed by atoms with Crippen LogP contribution in [0, 0.1) is 0 Å². The molecule has 102 valence electrons. The fourth-order valence-corrected chi connectivity index (χ4v) is 2.54. The van der Waals surface area contributed by atoms with Gasteiger partial charge >= 0.3 is 0 Å². The second-order valence-electron chi connectivity index (χ2n) is 4.64. The molecule has 2 aromatic heterocycles. The van der Waals surface area contributed by atoms with Crippen molar-refractivity contribution in [2.45, 2.75) is 0 Å². The van der Waals surface area contributed by atoms with Gasteiger partial charge in [-0.05, 0) is 18.2 Å². The van der Waals surface area contributed by atoms with Crippen LogP contribution in [0.3, 0.4) is 0 Å². The van der Waals surface area contributed by atoms with Gasteiger partial charge in [0.1, 0.15) is 0 Å². The molecule has 0 atom stereocenters. The maximum atomic E-state index is 6.15. The van der Waals surface area contributed by atoms with Crippen molar-refractivity contribution in [3.8, 4) is 22.9 Å². The fourth-order valence-electron chi connectivity index (χ4n) is 2.32. The minimum atomic E-state index is 0.417. The summed E-state index contributed by atoms with van der Waals surface area (Å²) in [6, 6.07) is 15.4. The molecule has 0 saturated carbocycles. The molecule has 0 fully saturated rings. The summed E-state index contributed by atoms with van der Waals surface area (Å²) >= 11 is 6.15. The first-order chi connectivity index (χ1) is 10.3. The first-order valence-corrected chi connectivity index (χ1v) is 6.85. The molecule has 0 unspecified atom stereocenters. The summed E-state index contributed by atoms with van der Waals surface area (Å²) in [5.41, 5.74) is 2.65. The van der Waals surface area contributed by atoms with E-state index in [1.807, 2.05) is 48.7 Å². The highest BCUT2D eigenvalue weighted by Gasteiger charge is 2.15. The molecule has 0 bridgehead atoms. The zero-order valence-electron chi connectivity index (χ0n) is 10.9. The summed E-state index contributed by atoms with van der Waals surface area (Å²) in [4.78, 5) is 3.19. The first kappa shape index (κ1) is 12.2. The standard InChI is InChI=1S/C16H10ClN3O/c17-13-7-3-1-6-11(13)15-19-20-16(21-15)12-9-18-14-8-4-2-5-10(12)14/h1-9,18H. The third-order valence-corrected chi connectivity index (χ3v) is 3.68. The monoisotopic (exact) mass is 295 g/mol. The van der Waals surface area contributed by atoms with E-state index in [4.69, 9.17) is 16.0 Å². The molecule has 21 heavy (non-hydrogen) atoms. The molecule has 2 heterocycles. The van der Waals surface area contributed by atoms with Crippen molar-refractivity contribution in [2.75, 3.05) is 0 Å². The summed E-state index contributed by atoms with van der Waals surface area (Å²) in [5.74, 6) is 0.892. The van der Waals surface area contributed by atoms with Crippen molar-refractivity contribution >= 4 is 22.5 Å². The number of fused-ring (bicyclic) bond motifs is 1. The highest BCUT2D eigenvalue weighted by atomic mass is 35.5. The third kappa shape index (κ3) is 2.00. The van der Waals surface area contributed by atoms with Crippen LogP contribution in [0.4, 0.5) is 0 Å². The van der Waals surface area contributed by atoms with Crippen LogP contribution in [-0.2, 0) is 0 Å². The number of hydrogen-bond acceptors (Lipinski definition) is 3. The number of nitrogens with zero attached hydrogens (tertiary/aromatic N) is 2. The number of rotatable bonds is 2. The Morgan fingerprint density at radius 2 is 1.57 bits per heavy atom. The SMILES string of the molecule is Clc1ccccc1-c1nnc(-c2c[nH]c3ccccc23)o1. The van der Waals surface area contributed by atoms with Crippen molar-refractivity contribution in [3.05, 3.63) is 59.8 Å². The van der Waals surface area contributed by atoms with Gasteiger partial charge in [-0.25, -0.2) is 0 Å². The van der Waals surface area contributed by atoms with Gasteiger partial charge in [-0.2, -0.15) is 0 Å². The molecular weight excluding hydrogens is 286 g/mol. The smallest absolute Gasteiger partial charge is 0.250 e. The maximum Gasteiger partial charge on any atom is 0.250 e. The average Bonchev–Trinajstić information content (AvgIpc) is 3.14. The Labute approximate surface area is 125 Å². The fraction of sp³-hybridized carbons (Fsp3) is 0.